The normalized spacial score (nSPS) is 36.2. The van der Waals surface area contributed by atoms with Crippen LogP contribution in [0.5, 0.6) is 0 Å². The van der Waals surface area contributed by atoms with Gasteiger partial charge in [-0.2, -0.15) is 0 Å². The fourth-order valence-electron chi connectivity index (χ4n) is 5.45. The minimum Gasteiger partial charge on any atom is -0.481 e. The summed E-state index contributed by atoms with van der Waals surface area (Å²) in [7, 11) is 0. The average Bonchev–Trinajstić information content (AvgIpc) is 3.63. The molecule has 0 saturated carbocycles. The number of carboxylic acids is 1. The van der Waals surface area contributed by atoms with Crippen LogP contribution < -0.4 is 5.32 Å². The van der Waals surface area contributed by atoms with E-state index in [2.05, 4.69) is 18.3 Å². The van der Waals surface area contributed by atoms with Crippen molar-refractivity contribution in [3.05, 3.63) is 36.0 Å². The van der Waals surface area contributed by atoms with Crippen LogP contribution in [0.2, 0.25) is 0 Å². The van der Waals surface area contributed by atoms with Gasteiger partial charge in [0.05, 0.1) is 43.5 Å². The quantitative estimate of drug-likeness (QED) is 0.133. The van der Waals surface area contributed by atoms with Gasteiger partial charge in [-0.1, -0.05) is 36.8 Å². The van der Waals surface area contributed by atoms with Crippen LogP contribution in [0, 0.1) is 5.92 Å². The first kappa shape index (κ1) is 32.4. The zero-order valence-electron chi connectivity index (χ0n) is 24.6. The monoisotopic (exact) mass is 565 g/mol. The molecule has 10 heteroatoms. The maximum atomic E-state index is 12.2. The lowest BCUT2D eigenvalue weighted by atomic mass is 9.87. The molecule has 3 rings (SSSR count). The lowest BCUT2D eigenvalue weighted by Gasteiger charge is -2.40. The second kappa shape index (κ2) is 14.7. The van der Waals surface area contributed by atoms with Crippen molar-refractivity contribution in [2.24, 2.45) is 5.92 Å². The van der Waals surface area contributed by atoms with Crippen LogP contribution in [-0.2, 0) is 33.3 Å². The van der Waals surface area contributed by atoms with E-state index in [0.29, 0.717) is 26.1 Å². The van der Waals surface area contributed by atoms with Gasteiger partial charge in [-0.05, 0) is 53.4 Å². The molecule has 0 aliphatic carbocycles. The number of carboxylic acid groups (broad SMARTS) is 1. The van der Waals surface area contributed by atoms with E-state index in [9.17, 15) is 19.8 Å². The Bertz CT molecular complexity index is 941. The lowest BCUT2D eigenvalue weighted by molar-refractivity contribution is -0.227. The second-order valence-corrected chi connectivity index (χ2v) is 11.3. The first-order valence-corrected chi connectivity index (χ1v) is 14.4. The number of rotatable bonds is 13. The Hall–Kier alpha value is -2.08. The van der Waals surface area contributed by atoms with E-state index in [1.54, 1.807) is 6.92 Å². The SMILES string of the molecule is CCOC(C)O[C@@H]1[C@@H](C=CC(C)=CC[C@@H]2O[C@H](C)[C@H](NC(=O)C=C[C@H](C)O)C[C@@H]2C)O[C@H](CC(=O)O)C[C@@]12CO2. The molecule has 10 atom stereocenters. The van der Waals surface area contributed by atoms with Crippen LogP contribution >= 0.6 is 0 Å². The summed E-state index contributed by atoms with van der Waals surface area (Å²) in [6.45, 7) is 12.4. The van der Waals surface area contributed by atoms with Crippen LogP contribution in [0.3, 0.4) is 0 Å². The van der Waals surface area contributed by atoms with Crippen molar-refractivity contribution in [1.29, 1.82) is 0 Å². The Morgan fingerprint density at radius 1 is 1.20 bits per heavy atom. The fraction of sp³-hybridized carbons (Fsp3) is 0.733. The molecule has 10 nitrogen and oxygen atoms in total. The number of carbonyl (C=O) groups is 2. The van der Waals surface area contributed by atoms with Crippen LogP contribution in [0.1, 0.15) is 67.2 Å². The zero-order valence-corrected chi connectivity index (χ0v) is 24.6. The number of carbonyl (C=O) groups excluding carboxylic acids is 1. The predicted octanol–water partition coefficient (Wildman–Crippen LogP) is 3.28. The van der Waals surface area contributed by atoms with Crippen molar-refractivity contribution in [1.82, 2.24) is 5.32 Å². The minimum atomic E-state index is -0.907. The van der Waals surface area contributed by atoms with Gasteiger partial charge in [-0.3, -0.25) is 9.59 Å². The number of aliphatic carboxylic acids is 1. The molecule has 0 bridgehead atoms. The number of ether oxygens (including phenoxy) is 5. The number of aliphatic hydroxyl groups is 1. The van der Waals surface area contributed by atoms with Gasteiger partial charge < -0.3 is 39.2 Å². The van der Waals surface area contributed by atoms with Gasteiger partial charge in [0.25, 0.3) is 0 Å². The third-order valence-corrected chi connectivity index (χ3v) is 7.69. The Labute approximate surface area is 237 Å². The van der Waals surface area contributed by atoms with E-state index in [0.717, 1.165) is 12.0 Å². The average molecular weight is 566 g/mol. The number of allylic oxidation sites excluding steroid dienone is 2. The third kappa shape index (κ3) is 9.49. The summed E-state index contributed by atoms with van der Waals surface area (Å²) in [4.78, 5) is 23.5. The summed E-state index contributed by atoms with van der Waals surface area (Å²) in [5.41, 5.74) is 0.462. The molecule has 226 valence electrons. The van der Waals surface area contributed by atoms with E-state index in [4.69, 9.17) is 23.7 Å². The van der Waals surface area contributed by atoms with Crippen molar-refractivity contribution >= 4 is 11.9 Å². The molecule has 0 aromatic rings. The summed E-state index contributed by atoms with van der Waals surface area (Å²) in [5, 5.41) is 21.7. The first-order valence-electron chi connectivity index (χ1n) is 14.4. The second-order valence-electron chi connectivity index (χ2n) is 11.3. The van der Waals surface area contributed by atoms with E-state index >= 15 is 0 Å². The van der Waals surface area contributed by atoms with E-state index < -0.39 is 42.3 Å². The van der Waals surface area contributed by atoms with Crippen molar-refractivity contribution in [2.45, 2.75) is 122 Å². The number of epoxide rings is 1. The molecule has 1 amide bonds. The highest BCUT2D eigenvalue weighted by Crippen LogP contribution is 2.45. The summed E-state index contributed by atoms with van der Waals surface area (Å²) in [6.07, 6.45) is 8.10. The molecule has 40 heavy (non-hydrogen) atoms. The summed E-state index contributed by atoms with van der Waals surface area (Å²) in [5.74, 6) is -0.909. The van der Waals surface area contributed by atoms with Gasteiger partial charge in [0, 0.05) is 19.1 Å². The van der Waals surface area contributed by atoms with Crippen molar-refractivity contribution in [3.8, 4) is 0 Å². The number of aliphatic hydroxyl groups excluding tert-OH is 1. The van der Waals surface area contributed by atoms with Crippen LogP contribution in [0.25, 0.3) is 0 Å². The summed E-state index contributed by atoms with van der Waals surface area (Å²) in [6, 6.07) is -0.0995. The Kier molecular flexibility index (Phi) is 11.9. The number of amides is 1. The Morgan fingerprint density at radius 3 is 2.55 bits per heavy atom. The van der Waals surface area contributed by atoms with Gasteiger partial charge in [0.1, 0.15) is 17.8 Å². The topological polar surface area (TPSA) is 136 Å². The number of hydrogen-bond donors (Lipinski definition) is 3. The minimum absolute atomic E-state index is 0.0108. The molecule has 3 aliphatic rings. The highest BCUT2D eigenvalue weighted by atomic mass is 16.7. The number of nitrogens with one attached hydrogen (secondary N) is 1. The molecule has 0 radical (unpaired) electrons. The molecule has 0 aromatic carbocycles. The molecule has 3 aliphatic heterocycles. The van der Waals surface area contributed by atoms with Crippen molar-refractivity contribution < 1.29 is 43.5 Å². The third-order valence-electron chi connectivity index (χ3n) is 7.69. The molecule has 3 N–H and O–H groups in total. The highest BCUT2D eigenvalue weighted by molar-refractivity contribution is 5.87. The maximum absolute atomic E-state index is 12.2. The standard InChI is InChI=1S/C30H47NO9/c1-7-36-22(6)39-29-26(40-23(15-28(34)35)16-30(29)17-37-30)12-9-18(2)8-11-25-19(3)14-24(21(5)38-25)31-27(33)13-10-20(4)32/h8-10,12-13,19-26,29,32H,7,11,14-17H2,1-6H3,(H,31,33)(H,34,35)/t19-,20-,21+,22?,23+,24+,25-,26+,29+,30+/m0/s1. The summed E-state index contributed by atoms with van der Waals surface area (Å²) < 4.78 is 30.1. The summed E-state index contributed by atoms with van der Waals surface area (Å²) >= 11 is 0. The molecule has 3 fully saturated rings. The Morgan fingerprint density at radius 2 is 1.93 bits per heavy atom. The smallest absolute Gasteiger partial charge is 0.305 e. The molecule has 1 spiro atoms. The molecule has 3 heterocycles. The molecular formula is C30H47NO9. The van der Waals surface area contributed by atoms with Crippen molar-refractivity contribution in [3.63, 3.8) is 0 Å². The van der Waals surface area contributed by atoms with Crippen LogP contribution in [0.4, 0.5) is 0 Å². The van der Waals surface area contributed by atoms with Crippen LogP contribution in [-0.4, -0.2) is 89.9 Å². The van der Waals surface area contributed by atoms with Gasteiger partial charge in [-0.15, -0.1) is 0 Å². The van der Waals surface area contributed by atoms with Gasteiger partial charge >= 0.3 is 5.97 Å². The highest BCUT2D eigenvalue weighted by Gasteiger charge is 2.60. The first-order chi connectivity index (χ1) is 18.9. The van der Waals surface area contributed by atoms with Crippen molar-refractivity contribution in [2.75, 3.05) is 13.2 Å². The van der Waals surface area contributed by atoms with E-state index in [-0.39, 0.29) is 36.5 Å². The lowest BCUT2D eigenvalue weighted by Crippen LogP contribution is -2.53. The zero-order chi connectivity index (χ0) is 29.4. The fourth-order valence-corrected chi connectivity index (χ4v) is 5.45. The molecule has 3 saturated heterocycles. The van der Waals surface area contributed by atoms with Gasteiger partial charge in [0.2, 0.25) is 5.91 Å². The van der Waals surface area contributed by atoms with Gasteiger partial charge in [-0.25, -0.2) is 0 Å². The largest absolute Gasteiger partial charge is 0.481 e. The molecular weight excluding hydrogens is 518 g/mol. The Balaban J connectivity index is 1.61. The molecule has 0 aromatic heterocycles. The molecule has 1 unspecified atom stereocenters. The predicted molar refractivity (Wildman–Crippen MR) is 149 cm³/mol. The number of hydrogen-bond acceptors (Lipinski definition) is 8. The van der Waals surface area contributed by atoms with Gasteiger partial charge in [0.15, 0.2) is 6.29 Å². The maximum Gasteiger partial charge on any atom is 0.305 e. The van der Waals surface area contributed by atoms with E-state index in [1.807, 2.05) is 39.8 Å². The van der Waals surface area contributed by atoms with Crippen LogP contribution in [0.15, 0.2) is 36.0 Å². The van der Waals surface area contributed by atoms with E-state index in [1.165, 1.54) is 12.2 Å².